The van der Waals surface area contributed by atoms with Gasteiger partial charge >= 0.3 is 0 Å². The molecule has 9 heteroatoms. The zero-order valence-corrected chi connectivity index (χ0v) is 12.5. The molecule has 2 heterocycles. The Morgan fingerprint density at radius 3 is 3.05 bits per heavy atom. The first kappa shape index (κ1) is 14.4. The maximum atomic E-state index is 5.75. The monoisotopic (exact) mass is 319 g/mol. The van der Waals surface area contributed by atoms with Gasteiger partial charge in [-0.15, -0.1) is 0 Å². The lowest BCUT2D eigenvalue weighted by Crippen LogP contribution is -2.37. The van der Waals surface area contributed by atoms with E-state index >= 15 is 0 Å². The van der Waals surface area contributed by atoms with Gasteiger partial charge < -0.3 is 9.57 Å². The molecule has 0 spiro atoms. The van der Waals surface area contributed by atoms with Gasteiger partial charge in [-0.1, -0.05) is 17.3 Å². The lowest BCUT2D eigenvalue weighted by Gasteiger charge is -2.17. The number of ether oxygens (including phenoxy) is 1. The highest BCUT2D eigenvalue weighted by molar-refractivity contribution is 7.07. The Labute approximate surface area is 130 Å². The van der Waals surface area contributed by atoms with E-state index < -0.39 is 0 Å². The summed E-state index contributed by atoms with van der Waals surface area (Å²) < 4.78 is 9.67. The van der Waals surface area contributed by atoms with Crippen LogP contribution in [0.4, 0.5) is 0 Å². The Hall–Kier alpha value is -2.52. The van der Waals surface area contributed by atoms with Crippen LogP contribution < -0.4 is 10.2 Å². The average Bonchev–Trinajstić information content (AvgIpc) is 3.07. The summed E-state index contributed by atoms with van der Waals surface area (Å²) in [6, 6.07) is 7.40. The maximum absolute atomic E-state index is 5.75. The highest BCUT2D eigenvalue weighted by atomic mass is 32.1. The van der Waals surface area contributed by atoms with Gasteiger partial charge in [0.25, 0.3) is 5.19 Å². The van der Waals surface area contributed by atoms with Crippen molar-refractivity contribution in [3.63, 3.8) is 0 Å². The van der Waals surface area contributed by atoms with Gasteiger partial charge in [-0.3, -0.25) is 9.83 Å². The molecule has 8 nitrogen and oxygen atoms in total. The minimum absolute atomic E-state index is 0.444. The lowest BCUT2D eigenvalue weighted by molar-refractivity contribution is 0.0836. The number of para-hydroxylation sites is 1. The zero-order valence-electron chi connectivity index (χ0n) is 11.7. The Morgan fingerprint density at radius 1 is 1.41 bits per heavy atom. The number of amidine groups is 1. The van der Waals surface area contributed by atoms with E-state index in [9.17, 15) is 0 Å². The molecule has 0 fully saturated rings. The van der Waals surface area contributed by atoms with Gasteiger partial charge in [0.2, 0.25) is 0 Å². The fourth-order valence-corrected chi connectivity index (χ4v) is 2.25. The van der Waals surface area contributed by atoms with E-state index in [2.05, 4.69) is 25.0 Å². The van der Waals surface area contributed by atoms with Crippen molar-refractivity contribution in [3.05, 3.63) is 36.2 Å². The summed E-state index contributed by atoms with van der Waals surface area (Å²) in [5.74, 6) is 1.06. The molecule has 1 aromatic carbocycles. The Balaban J connectivity index is 1.97. The molecule has 0 unspecified atom stereocenters. The van der Waals surface area contributed by atoms with Crippen LogP contribution in [0.25, 0.3) is 0 Å². The van der Waals surface area contributed by atoms with Crippen LogP contribution in [0, 0.1) is 0 Å². The van der Waals surface area contributed by atoms with Crippen LogP contribution in [0.3, 0.4) is 0 Å². The second-order valence-electron chi connectivity index (χ2n) is 4.11. The quantitative estimate of drug-likeness (QED) is 0.665. The topological polar surface area (TPSA) is 90.2 Å². The van der Waals surface area contributed by atoms with Crippen LogP contribution in [0.2, 0.25) is 0 Å². The van der Waals surface area contributed by atoms with E-state index in [4.69, 9.17) is 14.4 Å². The smallest absolute Gasteiger partial charge is 0.298 e. The first-order valence-corrected chi connectivity index (χ1v) is 7.23. The fraction of sp³-hybridized carbons (Fsp3) is 0.231. The van der Waals surface area contributed by atoms with Crippen LogP contribution >= 0.6 is 11.5 Å². The molecular weight excluding hydrogens is 306 g/mol. The second-order valence-corrected chi connectivity index (χ2v) is 4.85. The molecule has 1 aliphatic rings. The molecule has 0 atom stereocenters. The average molecular weight is 319 g/mol. The maximum Gasteiger partial charge on any atom is 0.298 e. The summed E-state index contributed by atoms with van der Waals surface area (Å²) in [7, 11) is 1.47. The minimum atomic E-state index is 0.444. The summed E-state index contributed by atoms with van der Waals surface area (Å²) >= 11 is 1.16. The highest BCUT2D eigenvalue weighted by Crippen LogP contribution is 2.26. The third kappa shape index (κ3) is 3.21. The van der Waals surface area contributed by atoms with E-state index in [0.717, 1.165) is 11.5 Å². The first-order valence-electron chi connectivity index (χ1n) is 6.46. The van der Waals surface area contributed by atoms with E-state index in [1.807, 2.05) is 24.3 Å². The molecule has 0 aliphatic carbocycles. The van der Waals surface area contributed by atoms with Crippen molar-refractivity contribution in [1.29, 1.82) is 0 Å². The van der Waals surface area contributed by atoms with Crippen molar-refractivity contribution in [3.8, 4) is 10.9 Å². The minimum Gasteiger partial charge on any atom is -0.429 e. The molecule has 0 amide bonds. The number of oxime groups is 1. The Morgan fingerprint density at radius 2 is 2.32 bits per heavy atom. The van der Waals surface area contributed by atoms with E-state index in [-0.39, 0.29) is 0 Å². The van der Waals surface area contributed by atoms with Gasteiger partial charge in [-0.05, 0) is 12.1 Å². The van der Waals surface area contributed by atoms with E-state index in [0.29, 0.717) is 41.2 Å². The van der Waals surface area contributed by atoms with Crippen LogP contribution in [0.15, 0.2) is 40.7 Å². The molecule has 0 bridgehead atoms. The van der Waals surface area contributed by atoms with Gasteiger partial charge in [-0.2, -0.15) is 9.36 Å². The van der Waals surface area contributed by atoms with Gasteiger partial charge in [0.05, 0.1) is 18.7 Å². The number of hydroxylamine groups is 1. The molecule has 1 N–H and O–H groups in total. The van der Waals surface area contributed by atoms with Gasteiger partial charge in [0.15, 0.2) is 11.5 Å². The van der Waals surface area contributed by atoms with Crippen molar-refractivity contribution >= 4 is 23.1 Å². The third-order valence-electron chi connectivity index (χ3n) is 2.72. The van der Waals surface area contributed by atoms with Crippen molar-refractivity contribution in [2.45, 2.75) is 0 Å². The standard InChI is InChI=1S/C13H13N5O3S/c1-19-17-11(12-14-6-7-20-18-12)9-4-2-3-5-10(9)21-13-15-8-16-22-13/h2-5,8H,6-7H2,1H3,(H,14,18)/b17-11+. The summed E-state index contributed by atoms with van der Waals surface area (Å²) in [5.41, 5.74) is 3.94. The SMILES string of the molecule is CO/N=C(/C1=NCCON1)c1ccccc1Oc1ncns1. The summed E-state index contributed by atoms with van der Waals surface area (Å²) in [5, 5.41) is 4.48. The number of benzene rings is 1. The molecule has 0 saturated heterocycles. The van der Waals surface area contributed by atoms with Crippen molar-refractivity contribution in [2.75, 3.05) is 20.3 Å². The molecule has 114 valence electrons. The number of rotatable bonds is 5. The molecule has 1 aliphatic heterocycles. The molecule has 1 aromatic heterocycles. The lowest BCUT2D eigenvalue weighted by atomic mass is 10.1. The number of nitrogens with zero attached hydrogens (tertiary/aromatic N) is 4. The van der Waals surface area contributed by atoms with Crippen molar-refractivity contribution < 1.29 is 14.4 Å². The number of nitrogens with one attached hydrogen (secondary N) is 1. The van der Waals surface area contributed by atoms with E-state index in [1.54, 1.807) is 0 Å². The van der Waals surface area contributed by atoms with Crippen LogP contribution in [-0.4, -0.2) is 41.2 Å². The molecule has 3 rings (SSSR count). The molecule has 22 heavy (non-hydrogen) atoms. The summed E-state index contributed by atoms with van der Waals surface area (Å²) in [6.45, 7) is 1.05. The zero-order chi connectivity index (χ0) is 15.2. The fourth-order valence-electron chi connectivity index (χ4n) is 1.84. The van der Waals surface area contributed by atoms with Gasteiger partial charge in [-0.25, -0.2) is 5.48 Å². The number of hydrogen-bond acceptors (Lipinski definition) is 9. The summed E-state index contributed by atoms with van der Waals surface area (Å²) in [4.78, 5) is 18.5. The predicted molar refractivity (Wildman–Crippen MR) is 81.4 cm³/mol. The number of aromatic nitrogens is 2. The molecular formula is C13H13N5O3S. The Bertz CT molecular complexity index is 687. The third-order valence-corrected chi connectivity index (χ3v) is 3.26. The van der Waals surface area contributed by atoms with Crippen molar-refractivity contribution in [2.24, 2.45) is 10.1 Å². The number of aliphatic imine (C=N–C) groups is 1. The second kappa shape index (κ2) is 6.96. The largest absolute Gasteiger partial charge is 0.429 e. The first-order chi connectivity index (χ1) is 10.9. The van der Waals surface area contributed by atoms with Gasteiger partial charge in [0.1, 0.15) is 19.2 Å². The predicted octanol–water partition coefficient (Wildman–Crippen LogP) is 1.61. The highest BCUT2D eigenvalue weighted by Gasteiger charge is 2.20. The van der Waals surface area contributed by atoms with Crippen molar-refractivity contribution in [1.82, 2.24) is 14.8 Å². The molecule has 2 aromatic rings. The van der Waals surface area contributed by atoms with E-state index in [1.165, 1.54) is 13.4 Å². The normalized spacial score (nSPS) is 15.0. The van der Waals surface area contributed by atoms with Crippen LogP contribution in [-0.2, 0) is 9.68 Å². The van der Waals surface area contributed by atoms with Crippen LogP contribution in [0.1, 0.15) is 5.56 Å². The molecule has 0 radical (unpaired) electrons. The van der Waals surface area contributed by atoms with Gasteiger partial charge in [0, 0.05) is 11.5 Å². The number of hydrogen-bond donors (Lipinski definition) is 1. The van der Waals surface area contributed by atoms with Crippen LogP contribution in [0.5, 0.6) is 10.9 Å². The molecule has 0 saturated carbocycles. The summed E-state index contributed by atoms with van der Waals surface area (Å²) in [6.07, 6.45) is 1.44. The Kier molecular flexibility index (Phi) is 4.56.